The Kier molecular flexibility index (Phi) is 7.25. The fourth-order valence-corrected chi connectivity index (χ4v) is 4.73. The van der Waals surface area contributed by atoms with E-state index < -0.39 is 0 Å². The van der Waals surface area contributed by atoms with Crippen LogP contribution < -0.4 is 9.47 Å². The largest absolute Gasteiger partial charge is 0.492 e. The number of hydrogen-bond acceptors (Lipinski definition) is 5. The monoisotopic (exact) mass is 545 g/mol. The van der Waals surface area contributed by atoms with Crippen LogP contribution in [0.4, 0.5) is 0 Å². The van der Waals surface area contributed by atoms with Crippen molar-refractivity contribution >= 4 is 32.7 Å². The molecule has 1 aromatic heterocycles. The lowest BCUT2D eigenvalue weighted by Crippen LogP contribution is -2.27. The lowest BCUT2D eigenvalue weighted by Gasteiger charge is -2.18. The molecule has 36 heavy (non-hydrogen) atoms. The van der Waals surface area contributed by atoms with Crippen molar-refractivity contribution in [2.24, 2.45) is 0 Å². The highest BCUT2D eigenvalue weighted by Gasteiger charge is 2.25. The summed E-state index contributed by atoms with van der Waals surface area (Å²) in [5.41, 5.74) is 3.94. The molecule has 2 heterocycles. The van der Waals surface area contributed by atoms with Gasteiger partial charge in [0, 0.05) is 33.6 Å². The smallest absolute Gasteiger partial charge is 0.228 e. The minimum Gasteiger partial charge on any atom is -0.492 e. The van der Waals surface area contributed by atoms with E-state index >= 15 is 0 Å². The number of ketones is 1. The number of allylic oxidation sites excluding steroid dienone is 1. The molecule has 1 aliphatic rings. The fraction of sp³-hybridized carbons (Fsp3) is 0.233. The summed E-state index contributed by atoms with van der Waals surface area (Å²) in [7, 11) is 0. The zero-order valence-corrected chi connectivity index (χ0v) is 22.0. The minimum absolute atomic E-state index is 0.162. The molecule has 0 N–H and O–H groups in total. The quantitative estimate of drug-likeness (QED) is 0.207. The van der Waals surface area contributed by atoms with Gasteiger partial charge in [-0.3, -0.25) is 4.79 Å². The van der Waals surface area contributed by atoms with Gasteiger partial charge in [-0.15, -0.1) is 0 Å². The highest BCUT2D eigenvalue weighted by molar-refractivity contribution is 9.10. The molecular weight excluding hydrogens is 518 g/mol. The first-order chi connectivity index (χ1) is 17.6. The predicted octanol–water partition coefficient (Wildman–Crippen LogP) is 7.26. The fourth-order valence-electron chi connectivity index (χ4n) is 4.46. The molecule has 5 rings (SSSR count). The molecule has 0 unspecified atom stereocenters. The number of halogens is 1. The number of carbonyl (C=O) groups excluding carboxylic acids is 1. The van der Waals surface area contributed by atoms with E-state index in [1.807, 2.05) is 48.5 Å². The van der Waals surface area contributed by atoms with Gasteiger partial charge in [-0.2, -0.15) is 0 Å². The van der Waals surface area contributed by atoms with Gasteiger partial charge in [0.2, 0.25) is 5.78 Å². The van der Waals surface area contributed by atoms with E-state index in [1.54, 1.807) is 18.4 Å². The number of likely N-dealkylation sites (N-methyl/N-ethyl adjacent to an activating group) is 1. The van der Waals surface area contributed by atoms with Crippen LogP contribution >= 0.6 is 15.9 Å². The highest BCUT2D eigenvalue weighted by atomic mass is 79.9. The lowest BCUT2D eigenvalue weighted by atomic mass is 9.96. The molecule has 0 fully saturated rings. The molecule has 0 radical (unpaired) electrons. The molecule has 4 aromatic rings. The van der Waals surface area contributed by atoms with E-state index in [0.29, 0.717) is 23.5 Å². The number of rotatable bonds is 9. The number of fused-ring (bicyclic) bond motifs is 2. The van der Waals surface area contributed by atoms with E-state index in [9.17, 15) is 4.79 Å². The normalized spacial score (nSPS) is 12.6. The standard InChI is InChI=1S/C30H28BrNO4/c1-3-32(4-2)15-17-34-24-13-9-20(10-14-24)28-25-18-22-6-5-16-35-26(22)19-27(25)36-30(28)29(33)21-7-11-23(31)12-8-21/h5,7-14,16,18-19H,3-4,6,15,17H2,1-2H3. The van der Waals surface area contributed by atoms with Crippen LogP contribution in [-0.4, -0.2) is 36.9 Å². The Morgan fingerprint density at radius 1 is 1.03 bits per heavy atom. The van der Waals surface area contributed by atoms with Crippen LogP contribution in [0.3, 0.4) is 0 Å². The second-order valence-electron chi connectivity index (χ2n) is 8.69. The molecule has 5 nitrogen and oxygen atoms in total. The number of hydrogen-bond donors (Lipinski definition) is 0. The molecule has 0 spiro atoms. The van der Waals surface area contributed by atoms with E-state index in [0.717, 1.165) is 64.1 Å². The molecule has 6 heteroatoms. The zero-order valence-electron chi connectivity index (χ0n) is 20.4. The SMILES string of the molecule is CCN(CC)CCOc1ccc(-c2c(C(=O)c3ccc(Br)cc3)oc3cc4c(cc23)CC=CO4)cc1. The summed E-state index contributed by atoms with van der Waals surface area (Å²) in [5.74, 6) is 1.71. The second kappa shape index (κ2) is 10.7. The molecule has 0 aliphatic carbocycles. The molecular formula is C30H28BrNO4. The van der Waals surface area contributed by atoms with Gasteiger partial charge in [0.25, 0.3) is 0 Å². The van der Waals surface area contributed by atoms with Crippen molar-refractivity contribution in [1.82, 2.24) is 4.90 Å². The first kappa shape index (κ1) is 24.3. The molecule has 3 aromatic carbocycles. The molecule has 0 bridgehead atoms. The summed E-state index contributed by atoms with van der Waals surface area (Å²) in [6.45, 7) is 7.83. The van der Waals surface area contributed by atoms with Gasteiger partial charge in [-0.1, -0.05) is 41.9 Å². The van der Waals surface area contributed by atoms with Gasteiger partial charge in [0.15, 0.2) is 5.76 Å². The first-order valence-corrected chi connectivity index (χ1v) is 13.0. The maximum absolute atomic E-state index is 13.6. The van der Waals surface area contributed by atoms with Crippen molar-refractivity contribution in [1.29, 1.82) is 0 Å². The summed E-state index contributed by atoms with van der Waals surface area (Å²) in [6.07, 6.45) is 4.43. The van der Waals surface area contributed by atoms with Crippen LogP contribution in [0.1, 0.15) is 35.5 Å². The van der Waals surface area contributed by atoms with Crippen LogP contribution in [0.5, 0.6) is 11.5 Å². The topological polar surface area (TPSA) is 51.9 Å². The summed E-state index contributed by atoms with van der Waals surface area (Å²) in [4.78, 5) is 15.9. The average Bonchev–Trinajstić information content (AvgIpc) is 3.28. The summed E-state index contributed by atoms with van der Waals surface area (Å²) < 4.78 is 18.8. The maximum atomic E-state index is 13.6. The number of nitrogens with zero attached hydrogens (tertiary/aromatic N) is 1. The maximum Gasteiger partial charge on any atom is 0.228 e. The first-order valence-electron chi connectivity index (χ1n) is 12.2. The third-order valence-electron chi connectivity index (χ3n) is 6.53. The molecule has 0 amide bonds. The molecule has 184 valence electrons. The zero-order chi connectivity index (χ0) is 25.1. The van der Waals surface area contributed by atoms with E-state index in [-0.39, 0.29) is 5.78 Å². The van der Waals surface area contributed by atoms with Gasteiger partial charge in [-0.05, 0) is 79.2 Å². The van der Waals surface area contributed by atoms with Gasteiger partial charge in [-0.25, -0.2) is 0 Å². The van der Waals surface area contributed by atoms with Crippen LogP contribution in [0.2, 0.25) is 0 Å². The number of benzene rings is 3. The van der Waals surface area contributed by atoms with Gasteiger partial charge in [0.05, 0.1) is 6.26 Å². The van der Waals surface area contributed by atoms with Gasteiger partial charge >= 0.3 is 0 Å². The number of carbonyl (C=O) groups is 1. The Bertz CT molecular complexity index is 1400. The molecule has 0 saturated heterocycles. The van der Waals surface area contributed by atoms with Crippen LogP contribution in [0, 0.1) is 0 Å². The Hall–Kier alpha value is -3.35. The van der Waals surface area contributed by atoms with E-state index in [1.165, 1.54) is 0 Å². The van der Waals surface area contributed by atoms with E-state index in [4.69, 9.17) is 13.9 Å². The van der Waals surface area contributed by atoms with Crippen molar-refractivity contribution in [3.05, 3.63) is 94.4 Å². The van der Waals surface area contributed by atoms with Crippen molar-refractivity contribution in [3.8, 4) is 22.6 Å². The molecule has 1 aliphatic heterocycles. The van der Waals surface area contributed by atoms with Crippen molar-refractivity contribution in [2.45, 2.75) is 20.3 Å². The summed E-state index contributed by atoms with van der Waals surface area (Å²) >= 11 is 3.44. The average molecular weight is 546 g/mol. The minimum atomic E-state index is -0.162. The van der Waals surface area contributed by atoms with Crippen molar-refractivity contribution < 1.29 is 18.7 Å². The van der Waals surface area contributed by atoms with Gasteiger partial charge in [0.1, 0.15) is 23.7 Å². The molecule has 0 saturated carbocycles. The Morgan fingerprint density at radius 3 is 2.50 bits per heavy atom. The Labute approximate surface area is 219 Å². The Morgan fingerprint density at radius 2 is 1.78 bits per heavy atom. The second-order valence-corrected chi connectivity index (χ2v) is 9.61. The van der Waals surface area contributed by atoms with E-state index in [2.05, 4.69) is 40.7 Å². The Balaban J connectivity index is 1.52. The van der Waals surface area contributed by atoms with Crippen molar-refractivity contribution in [3.63, 3.8) is 0 Å². The van der Waals surface area contributed by atoms with Crippen molar-refractivity contribution in [2.75, 3.05) is 26.2 Å². The molecule has 0 atom stereocenters. The lowest BCUT2D eigenvalue weighted by molar-refractivity contribution is 0.101. The summed E-state index contributed by atoms with van der Waals surface area (Å²) in [5, 5.41) is 0.892. The van der Waals surface area contributed by atoms with Crippen LogP contribution in [-0.2, 0) is 6.42 Å². The number of furan rings is 1. The third-order valence-corrected chi connectivity index (χ3v) is 7.06. The predicted molar refractivity (Wildman–Crippen MR) is 146 cm³/mol. The van der Waals surface area contributed by atoms with Gasteiger partial charge < -0.3 is 18.8 Å². The van der Waals surface area contributed by atoms with Crippen LogP contribution in [0.15, 0.2) is 81.9 Å². The number of ether oxygens (including phenoxy) is 2. The summed E-state index contributed by atoms with van der Waals surface area (Å²) in [6, 6.07) is 19.2. The van der Waals surface area contributed by atoms with Crippen LogP contribution in [0.25, 0.3) is 22.1 Å². The highest BCUT2D eigenvalue weighted by Crippen LogP contribution is 2.40. The third kappa shape index (κ3) is 4.97.